The molecule has 5 rings (SSSR count). The third kappa shape index (κ3) is 3.19. The zero-order chi connectivity index (χ0) is 20.0. The number of aromatic amines is 1. The van der Waals surface area contributed by atoms with Crippen molar-refractivity contribution in [1.82, 2.24) is 30.1 Å². The minimum absolute atomic E-state index is 0.0221. The molecule has 1 aliphatic heterocycles. The van der Waals surface area contributed by atoms with Crippen molar-refractivity contribution in [3.8, 4) is 0 Å². The van der Waals surface area contributed by atoms with Crippen LogP contribution in [-0.4, -0.2) is 62.1 Å². The summed E-state index contributed by atoms with van der Waals surface area (Å²) in [4.78, 5) is 19.0. The van der Waals surface area contributed by atoms with Gasteiger partial charge in [0.2, 0.25) is 5.95 Å². The summed E-state index contributed by atoms with van der Waals surface area (Å²) in [5, 5.41) is 27.7. The molecule has 10 heteroatoms. The van der Waals surface area contributed by atoms with Gasteiger partial charge < -0.3 is 20.6 Å². The average molecular weight is 396 g/mol. The first kappa shape index (κ1) is 17.9. The lowest BCUT2D eigenvalue weighted by molar-refractivity contribution is 0.0956. The van der Waals surface area contributed by atoms with Crippen molar-refractivity contribution in [1.29, 1.82) is 0 Å². The minimum atomic E-state index is -0.225. The largest absolute Gasteiger partial charge is 0.394 e. The maximum atomic E-state index is 12.3. The van der Waals surface area contributed by atoms with E-state index >= 15 is 0 Å². The second-order valence-corrected chi connectivity index (χ2v) is 7.63. The fourth-order valence-electron chi connectivity index (χ4n) is 3.91. The highest BCUT2D eigenvalue weighted by molar-refractivity contribution is 5.94. The first-order valence-electron chi connectivity index (χ1n) is 9.99. The average Bonchev–Trinajstić information content (AvgIpc) is 3.14. The Labute approximate surface area is 167 Å². The number of aliphatic hydroxyl groups excluding tert-OH is 1. The standard InChI is InChI=1S/C19H24N8O2/c1-20-18(29)15-7-6-14-17(21-16-9-13(23-24-16)11-4-5-11)22-19(25-27(14)15)26-8-2-3-12(26)10-28/h6-7,9,11-12,28H,2-5,8,10H2,1H3,(H,20,29)(H2,21,22,23,24,25)/t12-/m1/s1. The summed E-state index contributed by atoms with van der Waals surface area (Å²) >= 11 is 0. The monoisotopic (exact) mass is 396 g/mol. The molecule has 1 aliphatic carbocycles. The van der Waals surface area contributed by atoms with Crippen LogP contribution in [0.25, 0.3) is 5.52 Å². The number of nitrogens with one attached hydrogen (secondary N) is 3. The van der Waals surface area contributed by atoms with Gasteiger partial charge in [-0.15, -0.1) is 5.10 Å². The molecule has 29 heavy (non-hydrogen) atoms. The molecular weight excluding hydrogens is 372 g/mol. The number of amides is 1. The number of carbonyl (C=O) groups is 1. The number of anilines is 3. The molecule has 0 radical (unpaired) electrons. The summed E-state index contributed by atoms with van der Waals surface area (Å²) < 4.78 is 1.60. The maximum Gasteiger partial charge on any atom is 0.269 e. The topological polar surface area (TPSA) is 123 Å². The molecule has 2 fully saturated rings. The highest BCUT2D eigenvalue weighted by atomic mass is 16.3. The molecule has 0 spiro atoms. The lowest BCUT2D eigenvalue weighted by atomic mass is 10.2. The molecule has 152 valence electrons. The van der Waals surface area contributed by atoms with Crippen LogP contribution in [0.15, 0.2) is 18.2 Å². The molecule has 1 saturated carbocycles. The zero-order valence-electron chi connectivity index (χ0n) is 16.2. The molecule has 10 nitrogen and oxygen atoms in total. The van der Waals surface area contributed by atoms with Crippen LogP contribution >= 0.6 is 0 Å². The molecule has 2 aliphatic rings. The molecule has 4 heterocycles. The number of hydrogen-bond acceptors (Lipinski definition) is 7. The first-order chi connectivity index (χ1) is 14.2. The van der Waals surface area contributed by atoms with E-state index in [9.17, 15) is 9.90 Å². The zero-order valence-corrected chi connectivity index (χ0v) is 16.2. The van der Waals surface area contributed by atoms with Crippen LogP contribution in [0.1, 0.15) is 47.8 Å². The second-order valence-electron chi connectivity index (χ2n) is 7.63. The Bertz CT molecular complexity index is 1050. The number of rotatable bonds is 6. The Hall–Kier alpha value is -3.14. The minimum Gasteiger partial charge on any atom is -0.394 e. The summed E-state index contributed by atoms with van der Waals surface area (Å²) in [7, 11) is 1.59. The highest BCUT2D eigenvalue weighted by Crippen LogP contribution is 2.39. The van der Waals surface area contributed by atoms with E-state index in [1.54, 1.807) is 17.6 Å². The lowest BCUT2D eigenvalue weighted by Gasteiger charge is -2.23. The van der Waals surface area contributed by atoms with Gasteiger partial charge in [-0.3, -0.25) is 9.89 Å². The van der Waals surface area contributed by atoms with Gasteiger partial charge in [-0.25, -0.2) is 4.52 Å². The summed E-state index contributed by atoms with van der Waals surface area (Å²) in [6, 6.07) is 5.53. The fourth-order valence-corrected chi connectivity index (χ4v) is 3.91. The van der Waals surface area contributed by atoms with E-state index in [0.29, 0.717) is 34.7 Å². The van der Waals surface area contributed by atoms with Crippen molar-refractivity contribution in [2.75, 3.05) is 30.4 Å². The molecule has 1 atom stereocenters. The maximum absolute atomic E-state index is 12.3. The normalized spacial score (nSPS) is 19.1. The van der Waals surface area contributed by atoms with Gasteiger partial charge in [-0.2, -0.15) is 10.1 Å². The van der Waals surface area contributed by atoms with Crippen LogP contribution in [0, 0.1) is 0 Å². The molecule has 1 amide bonds. The smallest absolute Gasteiger partial charge is 0.269 e. The fraction of sp³-hybridized carbons (Fsp3) is 0.474. The Kier molecular flexibility index (Phi) is 4.35. The number of aromatic nitrogens is 5. The van der Waals surface area contributed by atoms with Crippen molar-refractivity contribution in [3.63, 3.8) is 0 Å². The van der Waals surface area contributed by atoms with Gasteiger partial charge in [-0.1, -0.05) is 0 Å². The van der Waals surface area contributed by atoms with Crippen LogP contribution in [0.5, 0.6) is 0 Å². The first-order valence-corrected chi connectivity index (χ1v) is 9.99. The molecule has 0 aromatic carbocycles. The van der Waals surface area contributed by atoms with Crippen LogP contribution in [0.2, 0.25) is 0 Å². The lowest BCUT2D eigenvalue weighted by Crippen LogP contribution is -2.34. The van der Waals surface area contributed by atoms with Crippen molar-refractivity contribution in [2.24, 2.45) is 0 Å². The number of H-pyrrole nitrogens is 1. The van der Waals surface area contributed by atoms with Crippen molar-refractivity contribution in [3.05, 3.63) is 29.6 Å². The van der Waals surface area contributed by atoms with Gasteiger partial charge in [0.1, 0.15) is 11.2 Å². The van der Waals surface area contributed by atoms with Crippen molar-refractivity contribution < 1.29 is 9.90 Å². The number of carbonyl (C=O) groups excluding carboxylic acids is 1. The quantitative estimate of drug-likeness (QED) is 0.496. The summed E-state index contributed by atoms with van der Waals surface area (Å²) in [6.07, 6.45) is 4.23. The van der Waals surface area contributed by atoms with E-state index in [4.69, 9.17) is 4.98 Å². The number of aliphatic hydroxyl groups is 1. The Morgan fingerprint density at radius 1 is 1.34 bits per heavy atom. The van der Waals surface area contributed by atoms with Gasteiger partial charge in [0, 0.05) is 31.3 Å². The predicted molar refractivity (Wildman–Crippen MR) is 108 cm³/mol. The van der Waals surface area contributed by atoms with Crippen LogP contribution < -0.4 is 15.5 Å². The van der Waals surface area contributed by atoms with Crippen LogP contribution in [0.3, 0.4) is 0 Å². The second kappa shape index (κ2) is 7.03. The van der Waals surface area contributed by atoms with E-state index in [1.165, 1.54) is 12.8 Å². The van der Waals surface area contributed by atoms with Crippen molar-refractivity contribution in [2.45, 2.75) is 37.6 Å². The Balaban J connectivity index is 1.58. The van der Waals surface area contributed by atoms with E-state index < -0.39 is 0 Å². The van der Waals surface area contributed by atoms with Gasteiger partial charge in [0.05, 0.1) is 12.6 Å². The summed E-state index contributed by atoms with van der Waals surface area (Å²) in [6.45, 7) is 0.809. The number of nitrogens with zero attached hydrogens (tertiary/aromatic N) is 5. The molecule has 1 saturated heterocycles. The van der Waals surface area contributed by atoms with Gasteiger partial charge in [0.25, 0.3) is 5.91 Å². The van der Waals surface area contributed by atoms with Crippen molar-refractivity contribution >= 4 is 29.0 Å². The van der Waals surface area contributed by atoms with Crippen LogP contribution in [0.4, 0.5) is 17.6 Å². The third-order valence-electron chi connectivity index (χ3n) is 5.67. The van der Waals surface area contributed by atoms with E-state index in [2.05, 4.69) is 25.9 Å². The van der Waals surface area contributed by atoms with Gasteiger partial charge in [0.15, 0.2) is 11.6 Å². The SMILES string of the molecule is CNC(=O)c1ccc2c(Nc3cc(C4CC4)[nH]n3)nc(N3CCC[C@@H]3CO)nn12. The molecular formula is C19H24N8O2. The summed E-state index contributed by atoms with van der Waals surface area (Å²) in [5.41, 5.74) is 2.23. The molecule has 4 N–H and O–H groups in total. The molecule has 3 aromatic rings. The van der Waals surface area contributed by atoms with Gasteiger partial charge >= 0.3 is 0 Å². The Morgan fingerprint density at radius 3 is 2.97 bits per heavy atom. The van der Waals surface area contributed by atoms with Crippen LogP contribution in [-0.2, 0) is 0 Å². The summed E-state index contributed by atoms with van der Waals surface area (Å²) in [5.74, 6) is 2.08. The van der Waals surface area contributed by atoms with E-state index in [0.717, 1.165) is 25.1 Å². The number of fused-ring (bicyclic) bond motifs is 1. The molecule has 3 aromatic heterocycles. The van der Waals surface area contributed by atoms with Gasteiger partial charge in [-0.05, 0) is 37.8 Å². The molecule has 0 bridgehead atoms. The molecule has 0 unspecified atom stereocenters. The van der Waals surface area contributed by atoms with E-state index in [1.807, 2.05) is 17.0 Å². The number of hydrogen-bond donors (Lipinski definition) is 4. The Morgan fingerprint density at radius 2 is 2.21 bits per heavy atom. The van der Waals surface area contributed by atoms with E-state index in [-0.39, 0.29) is 18.6 Å². The highest BCUT2D eigenvalue weighted by Gasteiger charge is 2.29. The predicted octanol–water partition coefficient (Wildman–Crippen LogP) is 1.39. The third-order valence-corrected chi connectivity index (χ3v) is 5.67.